The summed E-state index contributed by atoms with van der Waals surface area (Å²) in [5.41, 5.74) is 4.99. The summed E-state index contributed by atoms with van der Waals surface area (Å²) in [5.74, 6) is 0.803. The minimum atomic E-state index is -0.775. The predicted molar refractivity (Wildman–Crippen MR) is 63.5 cm³/mol. The van der Waals surface area contributed by atoms with Gasteiger partial charge in [-0.15, -0.1) is 0 Å². The van der Waals surface area contributed by atoms with Crippen molar-refractivity contribution >= 4 is 0 Å². The molecule has 1 aromatic rings. The highest BCUT2D eigenvalue weighted by atomic mass is 16.5. The molecule has 3 atom stereocenters. The van der Waals surface area contributed by atoms with Crippen LogP contribution in [0.4, 0.5) is 0 Å². The van der Waals surface area contributed by atoms with E-state index in [1.54, 1.807) is 0 Å². The Hall–Kier alpha value is -1.10. The Morgan fingerprint density at radius 2 is 2.17 bits per heavy atom. The molecule has 18 heavy (non-hydrogen) atoms. The zero-order valence-electron chi connectivity index (χ0n) is 10.1. The number of rotatable bonds is 1. The molecule has 2 aliphatic heterocycles. The Morgan fingerprint density at radius 3 is 3.00 bits per heavy atom. The number of aliphatic hydroxyl groups is 2. The average Bonchev–Trinajstić information content (AvgIpc) is 2.99. The molecule has 3 aliphatic rings. The predicted octanol–water partition coefficient (Wildman–Crippen LogP) is 0.861. The van der Waals surface area contributed by atoms with Crippen LogP contribution < -0.4 is 4.74 Å². The Labute approximate surface area is 105 Å². The zero-order valence-corrected chi connectivity index (χ0v) is 10.1. The van der Waals surface area contributed by atoms with Gasteiger partial charge in [-0.3, -0.25) is 0 Å². The third-order valence-electron chi connectivity index (χ3n) is 4.36. The lowest BCUT2D eigenvalue weighted by Gasteiger charge is -2.33. The maximum absolute atomic E-state index is 10.1. The topological polar surface area (TPSA) is 58.9 Å². The standard InChI is InChI=1S/C14H16O4/c15-5-11-13(16)14-12-9(6-17-14)8-3-1-2-7(8)4-10(12)18-11/h4,11,13-16H,1-3,5-6H2/t11-,13-,14-/m1/s1. The SMILES string of the molecule is OC[C@H]1Oc2cc3c(c4c2[C@@H](OC4)[C@@H]1O)CCC3. The number of aryl methyl sites for hydroxylation is 1. The van der Waals surface area contributed by atoms with E-state index in [1.807, 2.05) is 0 Å². The fourth-order valence-corrected chi connectivity index (χ4v) is 3.49. The Morgan fingerprint density at radius 1 is 1.28 bits per heavy atom. The first kappa shape index (κ1) is 10.8. The Balaban J connectivity index is 1.90. The molecule has 0 spiro atoms. The first-order valence-corrected chi connectivity index (χ1v) is 6.54. The van der Waals surface area contributed by atoms with Gasteiger partial charge in [0.05, 0.1) is 13.2 Å². The molecule has 0 saturated carbocycles. The van der Waals surface area contributed by atoms with Gasteiger partial charge in [0.25, 0.3) is 0 Å². The first-order chi connectivity index (χ1) is 8.79. The van der Waals surface area contributed by atoms with E-state index in [0.717, 1.165) is 24.2 Å². The number of benzene rings is 1. The van der Waals surface area contributed by atoms with E-state index >= 15 is 0 Å². The van der Waals surface area contributed by atoms with E-state index in [-0.39, 0.29) is 12.7 Å². The second-order valence-electron chi connectivity index (χ2n) is 5.32. The maximum Gasteiger partial charge on any atom is 0.150 e. The summed E-state index contributed by atoms with van der Waals surface area (Å²) in [4.78, 5) is 0. The summed E-state index contributed by atoms with van der Waals surface area (Å²) in [6.45, 7) is 0.377. The summed E-state index contributed by atoms with van der Waals surface area (Å²) < 4.78 is 11.5. The van der Waals surface area contributed by atoms with Crippen molar-refractivity contribution in [2.45, 2.75) is 44.2 Å². The molecule has 0 saturated heterocycles. The fourth-order valence-electron chi connectivity index (χ4n) is 3.49. The van der Waals surface area contributed by atoms with Crippen LogP contribution in [-0.2, 0) is 24.2 Å². The molecule has 96 valence electrons. The second-order valence-corrected chi connectivity index (χ2v) is 5.32. The maximum atomic E-state index is 10.1. The lowest BCUT2D eigenvalue weighted by atomic mass is 9.90. The van der Waals surface area contributed by atoms with Crippen LogP contribution in [-0.4, -0.2) is 29.0 Å². The molecule has 0 amide bonds. The smallest absolute Gasteiger partial charge is 0.150 e. The molecule has 0 fully saturated rings. The minimum absolute atomic E-state index is 0.188. The molecule has 0 bridgehead atoms. The number of hydrogen-bond donors (Lipinski definition) is 2. The molecule has 0 aromatic heterocycles. The van der Waals surface area contributed by atoms with Gasteiger partial charge in [0.15, 0.2) is 6.10 Å². The van der Waals surface area contributed by atoms with Crippen molar-refractivity contribution in [3.8, 4) is 5.75 Å². The normalized spacial score (nSPS) is 32.0. The van der Waals surface area contributed by atoms with Gasteiger partial charge in [-0.1, -0.05) is 0 Å². The van der Waals surface area contributed by atoms with E-state index in [2.05, 4.69) is 6.07 Å². The number of fused-ring (bicyclic) bond motifs is 2. The summed E-state index contributed by atoms with van der Waals surface area (Å²) in [7, 11) is 0. The van der Waals surface area contributed by atoms with Crippen LogP contribution in [0, 0.1) is 0 Å². The summed E-state index contributed by atoms with van der Waals surface area (Å²) in [6, 6.07) is 2.08. The lowest BCUT2D eigenvalue weighted by Crippen LogP contribution is -2.42. The third kappa shape index (κ3) is 1.25. The van der Waals surface area contributed by atoms with E-state index in [9.17, 15) is 10.2 Å². The minimum Gasteiger partial charge on any atom is -0.485 e. The van der Waals surface area contributed by atoms with Gasteiger partial charge >= 0.3 is 0 Å². The number of ether oxygens (including phenoxy) is 2. The van der Waals surface area contributed by atoms with Crippen LogP contribution >= 0.6 is 0 Å². The van der Waals surface area contributed by atoms with Crippen LogP contribution in [0.3, 0.4) is 0 Å². The molecular weight excluding hydrogens is 232 g/mol. The van der Waals surface area contributed by atoms with Crippen molar-refractivity contribution < 1.29 is 19.7 Å². The van der Waals surface area contributed by atoms with Crippen molar-refractivity contribution in [1.82, 2.24) is 0 Å². The van der Waals surface area contributed by atoms with Crippen LogP contribution in [0.1, 0.15) is 34.8 Å². The van der Waals surface area contributed by atoms with Crippen molar-refractivity contribution in [2.24, 2.45) is 0 Å². The van der Waals surface area contributed by atoms with Crippen LogP contribution in [0.2, 0.25) is 0 Å². The highest BCUT2D eigenvalue weighted by Gasteiger charge is 2.43. The number of aliphatic hydroxyl groups excluding tert-OH is 2. The van der Waals surface area contributed by atoms with Crippen LogP contribution in [0.15, 0.2) is 6.07 Å². The summed E-state index contributed by atoms with van der Waals surface area (Å²) >= 11 is 0. The fraction of sp³-hybridized carbons (Fsp3) is 0.571. The van der Waals surface area contributed by atoms with E-state index in [0.29, 0.717) is 6.61 Å². The van der Waals surface area contributed by atoms with Gasteiger partial charge in [-0.05, 0) is 42.0 Å². The van der Waals surface area contributed by atoms with Gasteiger partial charge in [-0.25, -0.2) is 0 Å². The van der Waals surface area contributed by atoms with Gasteiger partial charge in [-0.2, -0.15) is 0 Å². The van der Waals surface area contributed by atoms with Gasteiger partial charge in [0, 0.05) is 5.56 Å². The van der Waals surface area contributed by atoms with E-state index < -0.39 is 12.2 Å². The third-order valence-corrected chi connectivity index (χ3v) is 4.36. The van der Waals surface area contributed by atoms with Crippen molar-refractivity contribution in [2.75, 3.05) is 6.61 Å². The Bertz CT molecular complexity index is 511. The summed E-state index contributed by atoms with van der Waals surface area (Å²) in [6.07, 6.45) is 1.70. The first-order valence-electron chi connectivity index (χ1n) is 6.54. The van der Waals surface area contributed by atoms with Crippen molar-refractivity contribution in [3.05, 3.63) is 28.3 Å². The molecule has 2 N–H and O–H groups in total. The highest BCUT2D eigenvalue weighted by Crippen LogP contribution is 2.48. The van der Waals surface area contributed by atoms with E-state index in [1.165, 1.54) is 23.1 Å². The molecular formula is C14H16O4. The average molecular weight is 248 g/mol. The second kappa shape index (κ2) is 3.70. The molecule has 1 aromatic carbocycles. The lowest BCUT2D eigenvalue weighted by molar-refractivity contribution is -0.103. The monoisotopic (exact) mass is 248 g/mol. The van der Waals surface area contributed by atoms with E-state index in [4.69, 9.17) is 9.47 Å². The van der Waals surface area contributed by atoms with Gasteiger partial charge < -0.3 is 19.7 Å². The molecule has 4 heteroatoms. The summed E-state index contributed by atoms with van der Waals surface area (Å²) in [5, 5.41) is 19.4. The van der Waals surface area contributed by atoms with Crippen LogP contribution in [0.5, 0.6) is 5.75 Å². The molecule has 4 nitrogen and oxygen atoms in total. The Kier molecular flexibility index (Phi) is 2.22. The molecule has 0 radical (unpaired) electrons. The molecule has 0 unspecified atom stereocenters. The number of hydrogen-bond acceptors (Lipinski definition) is 4. The largest absolute Gasteiger partial charge is 0.485 e. The van der Waals surface area contributed by atoms with Crippen molar-refractivity contribution in [1.29, 1.82) is 0 Å². The van der Waals surface area contributed by atoms with Crippen LogP contribution in [0.25, 0.3) is 0 Å². The van der Waals surface area contributed by atoms with Gasteiger partial charge in [0.1, 0.15) is 18.0 Å². The quantitative estimate of drug-likeness (QED) is 0.774. The van der Waals surface area contributed by atoms with Gasteiger partial charge in [0.2, 0.25) is 0 Å². The highest BCUT2D eigenvalue weighted by molar-refractivity contribution is 5.55. The molecule has 4 rings (SSSR count). The molecule has 1 aliphatic carbocycles. The van der Waals surface area contributed by atoms with Crippen molar-refractivity contribution in [3.63, 3.8) is 0 Å². The molecule has 2 heterocycles. The zero-order chi connectivity index (χ0) is 12.3.